The zero-order valence-corrected chi connectivity index (χ0v) is 8.17. The third kappa shape index (κ3) is 6.72. The second kappa shape index (κ2) is 7.70. The van der Waals surface area contributed by atoms with Gasteiger partial charge in [0.1, 0.15) is 0 Å². The van der Waals surface area contributed by atoms with Crippen LogP contribution in [0.3, 0.4) is 0 Å². The van der Waals surface area contributed by atoms with Crippen molar-refractivity contribution in [3.05, 3.63) is 0 Å². The zero-order valence-electron chi connectivity index (χ0n) is 6.60. The Morgan fingerprint density at radius 2 is 2.30 bits per heavy atom. The number of hydrogen-bond acceptors (Lipinski definition) is 2. The van der Waals surface area contributed by atoms with Gasteiger partial charge < -0.3 is 4.74 Å². The molecule has 0 aliphatic rings. The first-order valence-electron chi connectivity index (χ1n) is 3.47. The molecule has 0 aromatic rings. The third-order valence-electron chi connectivity index (χ3n) is 1.21. The summed E-state index contributed by atoms with van der Waals surface area (Å²) in [7, 11) is 1.73. The predicted octanol–water partition coefficient (Wildman–Crippen LogP) is 2.38. The van der Waals surface area contributed by atoms with Gasteiger partial charge >= 0.3 is 0 Å². The molecule has 0 fully saturated rings. The second-order valence-electron chi connectivity index (χ2n) is 2.15. The van der Waals surface area contributed by atoms with Crippen molar-refractivity contribution in [1.29, 1.82) is 0 Å². The van der Waals surface area contributed by atoms with Crippen molar-refractivity contribution in [1.82, 2.24) is 0 Å². The molecule has 0 N–H and O–H groups in total. The van der Waals surface area contributed by atoms with Gasteiger partial charge in [-0.05, 0) is 6.42 Å². The highest BCUT2D eigenvalue weighted by Crippen LogP contribution is 2.13. The average molecular weight is 183 g/mol. The number of halogens is 1. The first-order chi connectivity index (χ1) is 4.81. The van der Waals surface area contributed by atoms with Gasteiger partial charge in [0.2, 0.25) is 0 Å². The summed E-state index contributed by atoms with van der Waals surface area (Å²) in [6, 6.07) is 0. The van der Waals surface area contributed by atoms with E-state index in [4.69, 9.17) is 16.3 Å². The molecular weight excluding hydrogens is 168 g/mol. The molecule has 0 amide bonds. The summed E-state index contributed by atoms with van der Waals surface area (Å²) in [5, 5.41) is 0.674. The molecule has 0 aliphatic heterocycles. The molecule has 0 saturated carbocycles. The maximum Gasteiger partial charge on any atom is 0.0553 e. The minimum absolute atomic E-state index is 0.674. The Morgan fingerprint density at radius 1 is 1.60 bits per heavy atom. The fraction of sp³-hybridized carbons (Fsp3) is 1.00. The van der Waals surface area contributed by atoms with Crippen LogP contribution in [0.4, 0.5) is 0 Å². The van der Waals surface area contributed by atoms with E-state index in [1.807, 2.05) is 11.8 Å². The Labute approximate surface area is 72.5 Å². The highest BCUT2D eigenvalue weighted by Gasteiger charge is 1.99. The molecule has 10 heavy (non-hydrogen) atoms. The molecule has 0 aromatic heterocycles. The van der Waals surface area contributed by atoms with E-state index >= 15 is 0 Å². The van der Waals surface area contributed by atoms with E-state index in [0.717, 1.165) is 24.7 Å². The van der Waals surface area contributed by atoms with Crippen LogP contribution < -0.4 is 0 Å². The van der Waals surface area contributed by atoms with Crippen LogP contribution in [0.5, 0.6) is 0 Å². The number of alkyl halides is 1. The highest BCUT2D eigenvalue weighted by molar-refractivity contribution is 7.99. The topological polar surface area (TPSA) is 9.23 Å². The monoisotopic (exact) mass is 182 g/mol. The summed E-state index contributed by atoms with van der Waals surface area (Å²) >= 11 is 7.48. The Hall–Kier alpha value is 0.600. The van der Waals surface area contributed by atoms with Crippen LogP contribution in [0.2, 0.25) is 0 Å². The van der Waals surface area contributed by atoms with Gasteiger partial charge in [0, 0.05) is 24.0 Å². The van der Waals surface area contributed by atoms with E-state index < -0.39 is 0 Å². The summed E-state index contributed by atoms with van der Waals surface area (Å²) in [6.07, 6.45) is 1.09. The van der Waals surface area contributed by atoms with Crippen LogP contribution in [0, 0.1) is 0 Å². The van der Waals surface area contributed by atoms with E-state index in [1.165, 1.54) is 0 Å². The van der Waals surface area contributed by atoms with Crippen molar-refractivity contribution in [3.63, 3.8) is 0 Å². The summed E-state index contributed by atoms with van der Waals surface area (Å²) < 4.78 is 4.92. The zero-order chi connectivity index (χ0) is 7.82. The first kappa shape index (κ1) is 10.6. The molecule has 0 bridgehead atoms. The SMILES string of the molecule is COCCSC(C)CCCl. The molecule has 0 heterocycles. The van der Waals surface area contributed by atoms with Gasteiger partial charge in [0.15, 0.2) is 0 Å². The van der Waals surface area contributed by atoms with E-state index in [0.29, 0.717) is 5.25 Å². The van der Waals surface area contributed by atoms with Crippen molar-refractivity contribution in [3.8, 4) is 0 Å². The molecule has 0 radical (unpaired) electrons. The first-order valence-corrected chi connectivity index (χ1v) is 5.06. The van der Waals surface area contributed by atoms with Gasteiger partial charge in [0.05, 0.1) is 6.61 Å². The summed E-state index contributed by atoms with van der Waals surface area (Å²) in [5.41, 5.74) is 0. The molecule has 0 rings (SSSR count). The predicted molar refractivity (Wildman–Crippen MR) is 49.1 cm³/mol. The van der Waals surface area contributed by atoms with E-state index in [1.54, 1.807) is 7.11 Å². The molecule has 1 atom stereocenters. The maximum absolute atomic E-state index is 5.56. The number of ether oxygens (including phenoxy) is 1. The van der Waals surface area contributed by atoms with Crippen LogP contribution in [0.1, 0.15) is 13.3 Å². The Balaban J connectivity index is 2.97. The van der Waals surface area contributed by atoms with Crippen LogP contribution in [-0.4, -0.2) is 30.6 Å². The van der Waals surface area contributed by atoms with Gasteiger partial charge in [-0.3, -0.25) is 0 Å². The lowest BCUT2D eigenvalue weighted by atomic mass is 10.4. The molecule has 1 nitrogen and oxygen atoms in total. The number of hydrogen-bond donors (Lipinski definition) is 0. The fourth-order valence-corrected chi connectivity index (χ4v) is 1.98. The van der Waals surface area contributed by atoms with Crippen molar-refractivity contribution in [2.24, 2.45) is 0 Å². The van der Waals surface area contributed by atoms with E-state index in [9.17, 15) is 0 Å². The van der Waals surface area contributed by atoms with Gasteiger partial charge in [-0.15, -0.1) is 11.6 Å². The average Bonchev–Trinajstić information content (AvgIpc) is 1.89. The molecule has 0 saturated heterocycles. The minimum Gasteiger partial charge on any atom is -0.384 e. The standard InChI is InChI=1S/C7H15ClOS/c1-7(3-4-8)10-6-5-9-2/h7H,3-6H2,1-2H3. The summed E-state index contributed by atoms with van der Waals surface area (Å²) in [4.78, 5) is 0. The molecule has 62 valence electrons. The lowest BCUT2D eigenvalue weighted by molar-refractivity contribution is 0.218. The lowest BCUT2D eigenvalue weighted by Gasteiger charge is -2.07. The normalized spacial score (nSPS) is 13.5. The summed E-state index contributed by atoms with van der Waals surface area (Å²) in [6.45, 7) is 3.04. The van der Waals surface area contributed by atoms with Crippen molar-refractivity contribution < 1.29 is 4.74 Å². The van der Waals surface area contributed by atoms with E-state index in [-0.39, 0.29) is 0 Å². The summed E-state index contributed by atoms with van der Waals surface area (Å²) in [5.74, 6) is 1.84. The molecule has 3 heteroatoms. The lowest BCUT2D eigenvalue weighted by Crippen LogP contribution is -2.01. The van der Waals surface area contributed by atoms with Gasteiger partial charge in [0.25, 0.3) is 0 Å². The number of thioether (sulfide) groups is 1. The quantitative estimate of drug-likeness (QED) is 0.461. The van der Waals surface area contributed by atoms with Gasteiger partial charge in [-0.1, -0.05) is 6.92 Å². The Kier molecular flexibility index (Phi) is 8.17. The van der Waals surface area contributed by atoms with Crippen molar-refractivity contribution in [2.75, 3.05) is 25.3 Å². The minimum atomic E-state index is 0.674. The maximum atomic E-state index is 5.56. The molecule has 1 unspecified atom stereocenters. The molecular formula is C7H15ClOS. The van der Waals surface area contributed by atoms with Gasteiger partial charge in [-0.2, -0.15) is 11.8 Å². The number of rotatable bonds is 6. The van der Waals surface area contributed by atoms with Crippen LogP contribution in [0.15, 0.2) is 0 Å². The van der Waals surface area contributed by atoms with Crippen LogP contribution >= 0.6 is 23.4 Å². The number of methoxy groups -OCH3 is 1. The Bertz CT molecular complexity index is 70.6. The largest absolute Gasteiger partial charge is 0.384 e. The van der Waals surface area contributed by atoms with E-state index in [2.05, 4.69) is 6.92 Å². The highest BCUT2D eigenvalue weighted by atomic mass is 35.5. The Morgan fingerprint density at radius 3 is 2.80 bits per heavy atom. The smallest absolute Gasteiger partial charge is 0.0553 e. The molecule has 0 aliphatic carbocycles. The van der Waals surface area contributed by atoms with Crippen molar-refractivity contribution in [2.45, 2.75) is 18.6 Å². The van der Waals surface area contributed by atoms with Crippen molar-refractivity contribution >= 4 is 23.4 Å². The fourth-order valence-electron chi connectivity index (χ4n) is 0.570. The van der Waals surface area contributed by atoms with Crippen LogP contribution in [-0.2, 0) is 4.74 Å². The second-order valence-corrected chi connectivity index (χ2v) is 4.08. The molecule has 0 aromatic carbocycles. The van der Waals surface area contributed by atoms with Gasteiger partial charge in [-0.25, -0.2) is 0 Å². The van der Waals surface area contributed by atoms with Crippen LogP contribution in [0.25, 0.3) is 0 Å². The third-order valence-corrected chi connectivity index (χ3v) is 2.63. The molecule has 0 spiro atoms.